The van der Waals surface area contributed by atoms with Crippen molar-refractivity contribution in [1.82, 2.24) is 4.90 Å². The fourth-order valence-corrected chi connectivity index (χ4v) is 4.14. The second-order valence-electron chi connectivity index (χ2n) is 6.40. The summed E-state index contributed by atoms with van der Waals surface area (Å²) in [6.45, 7) is 1.45. The van der Waals surface area contributed by atoms with Gasteiger partial charge in [0.05, 0.1) is 18.2 Å². The molecule has 2 amide bonds. The van der Waals surface area contributed by atoms with Gasteiger partial charge in [-0.2, -0.15) is 0 Å². The van der Waals surface area contributed by atoms with Crippen LogP contribution in [-0.2, 0) is 22.6 Å². The van der Waals surface area contributed by atoms with Gasteiger partial charge in [0.1, 0.15) is 0 Å². The first-order chi connectivity index (χ1) is 12.0. The third-order valence-electron chi connectivity index (χ3n) is 4.83. The molecule has 2 heterocycles. The van der Waals surface area contributed by atoms with Crippen molar-refractivity contribution in [3.05, 3.63) is 63.6 Å². The van der Waals surface area contributed by atoms with E-state index in [4.69, 9.17) is 23.2 Å². The monoisotopic (exact) mass is 374 g/mol. The predicted molar refractivity (Wildman–Crippen MR) is 97.9 cm³/mol. The highest BCUT2D eigenvalue weighted by Crippen LogP contribution is 2.32. The van der Waals surface area contributed by atoms with Crippen LogP contribution in [0.25, 0.3) is 0 Å². The molecule has 6 heteroatoms. The van der Waals surface area contributed by atoms with E-state index in [9.17, 15) is 9.59 Å². The number of halogens is 2. The Hall–Kier alpha value is -1.88. The first-order valence-corrected chi connectivity index (χ1v) is 8.92. The summed E-state index contributed by atoms with van der Waals surface area (Å²) in [6.07, 6.45) is 1.07. The van der Waals surface area contributed by atoms with Crippen molar-refractivity contribution in [2.24, 2.45) is 0 Å². The normalized spacial score (nSPS) is 20.9. The van der Waals surface area contributed by atoms with Gasteiger partial charge in [-0.15, -0.1) is 0 Å². The number of rotatable bonds is 2. The van der Waals surface area contributed by atoms with Gasteiger partial charge >= 0.3 is 0 Å². The van der Waals surface area contributed by atoms with Crippen molar-refractivity contribution in [2.45, 2.75) is 25.4 Å². The van der Waals surface area contributed by atoms with E-state index in [1.54, 1.807) is 18.2 Å². The van der Waals surface area contributed by atoms with E-state index in [1.807, 2.05) is 12.1 Å². The molecule has 25 heavy (non-hydrogen) atoms. The van der Waals surface area contributed by atoms with Crippen LogP contribution in [0.2, 0.25) is 10.0 Å². The van der Waals surface area contributed by atoms with E-state index < -0.39 is 6.04 Å². The number of nitrogens with zero attached hydrogens (tertiary/aromatic N) is 2. The van der Waals surface area contributed by atoms with Crippen LogP contribution in [0.5, 0.6) is 0 Å². The number of carbonyl (C=O) groups excluding carboxylic acids is 2. The maximum absolute atomic E-state index is 12.9. The fourth-order valence-electron chi connectivity index (χ4n) is 3.62. The summed E-state index contributed by atoms with van der Waals surface area (Å²) in [5.74, 6) is -0.421. The first-order valence-electron chi connectivity index (χ1n) is 8.16. The minimum absolute atomic E-state index is 0.186. The highest BCUT2D eigenvalue weighted by Gasteiger charge is 2.43. The highest BCUT2D eigenvalue weighted by molar-refractivity contribution is 6.35. The van der Waals surface area contributed by atoms with Crippen LogP contribution in [0.3, 0.4) is 0 Å². The number of amides is 2. The van der Waals surface area contributed by atoms with Crippen molar-refractivity contribution in [1.29, 1.82) is 0 Å². The number of anilines is 1. The molecule has 0 aromatic heterocycles. The van der Waals surface area contributed by atoms with Crippen LogP contribution >= 0.6 is 23.2 Å². The molecule has 0 N–H and O–H groups in total. The lowest BCUT2D eigenvalue weighted by Crippen LogP contribution is -2.44. The quantitative estimate of drug-likeness (QED) is 0.752. The lowest BCUT2D eigenvalue weighted by atomic mass is 9.98. The third-order valence-corrected chi connectivity index (χ3v) is 5.27. The summed E-state index contributed by atoms with van der Waals surface area (Å²) >= 11 is 12.0. The number of fused-ring (bicyclic) bond motifs is 1. The number of carbonyl (C=O) groups is 2. The van der Waals surface area contributed by atoms with Gasteiger partial charge in [-0.1, -0.05) is 47.5 Å². The van der Waals surface area contributed by atoms with Crippen molar-refractivity contribution in [3.8, 4) is 0 Å². The molecule has 0 aliphatic carbocycles. The second-order valence-corrected chi connectivity index (χ2v) is 7.28. The Labute approximate surface area is 155 Å². The highest BCUT2D eigenvalue weighted by atomic mass is 35.5. The Morgan fingerprint density at radius 2 is 1.64 bits per heavy atom. The lowest BCUT2D eigenvalue weighted by molar-refractivity contribution is -0.123. The topological polar surface area (TPSA) is 40.6 Å². The summed E-state index contributed by atoms with van der Waals surface area (Å²) in [5.41, 5.74) is 2.97. The number of hydrogen-bond acceptors (Lipinski definition) is 3. The van der Waals surface area contributed by atoms with Gasteiger partial charge in [0.2, 0.25) is 5.91 Å². The molecule has 1 unspecified atom stereocenters. The molecule has 128 valence electrons. The maximum atomic E-state index is 12.9. The standard InChI is InChI=1S/C19H16Cl2N2O2/c20-14-7-15(21)9-16(8-14)23-18(24)10-17(19(23)25)22-6-5-12-3-1-2-4-13(12)11-22/h1-4,7-9,17H,5-6,10-11H2. The smallest absolute Gasteiger partial charge is 0.251 e. The van der Waals surface area contributed by atoms with Crippen LogP contribution in [0.15, 0.2) is 42.5 Å². The lowest BCUT2D eigenvalue weighted by Gasteiger charge is -2.32. The molecule has 4 rings (SSSR count). The Balaban J connectivity index is 1.60. The van der Waals surface area contributed by atoms with E-state index in [0.717, 1.165) is 13.0 Å². The molecule has 2 aromatic rings. The fraction of sp³-hybridized carbons (Fsp3) is 0.263. The summed E-state index contributed by atoms with van der Waals surface area (Å²) in [6, 6.07) is 12.6. The van der Waals surface area contributed by atoms with Crippen LogP contribution < -0.4 is 4.90 Å². The minimum atomic E-state index is -0.432. The van der Waals surface area contributed by atoms with Gasteiger partial charge < -0.3 is 0 Å². The van der Waals surface area contributed by atoms with Crippen LogP contribution in [0.4, 0.5) is 5.69 Å². The molecule has 1 saturated heterocycles. The van der Waals surface area contributed by atoms with Crippen LogP contribution in [-0.4, -0.2) is 29.3 Å². The van der Waals surface area contributed by atoms with Gasteiger partial charge in [-0.05, 0) is 35.7 Å². The zero-order valence-electron chi connectivity index (χ0n) is 13.4. The average Bonchev–Trinajstić information content (AvgIpc) is 2.88. The van der Waals surface area contributed by atoms with E-state index in [0.29, 0.717) is 22.3 Å². The van der Waals surface area contributed by atoms with Crippen molar-refractivity contribution < 1.29 is 9.59 Å². The molecule has 2 aromatic carbocycles. The largest absolute Gasteiger partial charge is 0.287 e. The first kappa shape index (κ1) is 16.6. The molecule has 1 fully saturated rings. The molecule has 2 aliphatic rings. The summed E-state index contributed by atoms with van der Waals surface area (Å²) in [5, 5.41) is 0.803. The van der Waals surface area contributed by atoms with Crippen LogP contribution in [0.1, 0.15) is 17.5 Å². The maximum Gasteiger partial charge on any atom is 0.251 e. The molecule has 0 radical (unpaired) electrons. The van der Waals surface area contributed by atoms with Crippen molar-refractivity contribution >= 4 is 40.7 Å². The Kier molecular flexibility index (Phi) is 4.28. The number of hydrogen-bond donors (Lipinski definition) is 0. The molecule has 2 aliphatic heterocycles. The Bertz CT molecular complexity index is 848. The Morgan fingerprint density at radius 1 is 0.960 bits per heavy atom. The van der Waals surface area contributed by atoms with Gasteiger partial charge in [-0.3, -0.25) is 14.5 Å². The van der Waals surface area contributed by atoms with E-state index in [-0.39, 0.29) is 18.2 Å². The SMILES string of the molecule is O=C1CC(N2CCc3ccccc3C2)C(=O)N1c1cc(Cl)cc(Cl)c1. The molecular formula is C19H16Cl2N2O2. The van der Waals surface area contributed by atoms with Crippen molar-refractivity contribution in [2.75, 3.05) is 11.4 Å². The van der Waals surface area contributed by atoms with Gasteiger partial charge in [0.25, 0.3) is 5.91 Å². The molecular weight excluding hydrogens is 359 g/mol. The zero-order chi connectivity index (χ0) is 17.6. The zero-order valence-corrected chi connectivity index (χ0v) is 14.9. The minimum Gasteiger partial charge on any atom is -0.287 e. The van der Waals surface area contributed by atoms with Crippen LogP contribution in [0, 0.1) is 0 Å². The average molecular weight is 375 g/mol. The van der Waals surface area contributed by atoms with Gasteiger partial charge in [0, 0.05) is 23.1 Å². The molecule has 0 saturated carbocycles. The second kappa shape index (κ2) is 6.45. The summed E-state index contributed by atoms with van der Waals surface area (Å²) < 4.78 is 0. The van der Waals surface area contributed by atoms with E-state index in [1.165, 1.54) is 16.0 Å². The molecule has 4 nitrogen and oxygen atoms in total. The number of benzene rings is 2. The van der Waals surface area contributed by atoms with Gasteiger partial charge in [0.15, 0.2) is 0 Å². The molecule has 0 bridgehead atoms. The molecule has 1 atom stereocenters. The van der Waals surface area contributed by atoms with Gasteiger partial charge in [-0.25, -0.2) is 4.90 Å². The van der Waals surface area contributed by atoms with E-state index >= 15 is 0 Å². The van der Waals surface area contributed by atoms with E-state index in [2.05, 4.69) is 17.0 Å². The van der Waals surface area contributed by atoms with Crippen molar-refractivity contribution in [3.63, 3.8) is 0 Å². The Morgan fingerprint density at radius 3 is 2.36 bits per heavy atom. The predicted octanol–water partition coefficient (Wildman–Crippen LogP) is 3.68. The number of imide groups is 1. The molecule has 0 spiro atoms. The third kappa shape index (κ3) is 3.06. The summed E-state index contributed by atoms with van der Waals surface area (Å²) in [4.78, 5) is 28.7. The summed E-state index contributed by atoms with van der Waals surface area (Å²) in [7, 11) is 0.